The van der Waals surface area contributed by atoms with Gasteiger partial charge in [0.25, 0.3) is 0 Å². The summed E-state index contributed by atoms with van der Waals surface area (Å²) in [4.78, 5) is 0.395. The van der Waals surface area contributed by atoms with Crippen LogP contribution in [0.25, 0.3) is 0 Å². The molecule has 0 spiro atoms. The summed E-state index contributed by atoms with van der Waals surface area (Å²) >= 11 is 8.41. The van der Waals surface area contributed by atoms with Crippen molar-refractivity contribution in [3.05, 3.63) is 28.2 Å². The zero-order valence-corrected chi connectivity index (χ0v) is 12.4. The summed E-state index contributed by atoms with van der Waals surface area (Å²) in [5.74, 6) is 1.42. The normalized spacial score (nSPS) is 16.5. The van der Waals surface area contributed by atoms with E-state index in [9.17, 15) is 0 Å². The molecule has 0 atom stereocenters. The fourth-order valence-electron chi connectivity index (χ4n) is 1.89. The second-order valence-corrected chi connectivity index (χ2v) is 5.67. The average Bonchev–Trinajstić information content (AvgIpc) is 2.38. The number of thiocarbonyl (C=S) groups is 1. The SMILES string of the molecule is NC(=S)c1ccc(OCC2CCOCC2)c(Br)c1. The summed E-state index contributed by atoms with van der Waals surface area (Å²) in [5.41, 5.74) is 6.42. The maximum Gasteiger partial charge on any atom is 0.133 e. The Hall–Kier alpha value is -0.650. The predicted octanol–water partition coefficient (Wildman–Crippen LogP) is 2.89. The van der Waals surface area contributed by atoms with E-state index in [1.807, 2.05) is 18.2 Å². The van der Waals surface area contributed by atoms with Gasteiger partial charge in [-0.1, -0.05) is 12.2 Å². The molecule has 1 aromatic carbocycles. The molecule has 0 amide bonds. The van der Waals surface area contributed by atoms with Gasteiger partial charge in [-0.05, 0) is 52.9 Å². The molecule has 0 bridgehead atoms. The van der Waals surface area contributed by atoms with Crippen LogP contribution in [0.1, 0.15) is 18.4 Å². The first-order valence-corrected chi connectivity index (χ1v) is 7.17. The van der Waals surface area contributed by atoms with Crippen LogP contribution in [0.15, 0.2) is 22.7 Å². The van der Waals surface area contributed by atoms with Gasteiger partial charge in [0.2, 0.25) is 0 Å². The molecule has 1 saturated heterocycles. The molecular weight excluding hydrogens is 314 g/mol. The quantitative estimate of drug-likeness (QED) is 0.862. The summed E-state index contributed by atoms with van der Waals surface area (Å²) in [5, 5.41) is 0. The van der Waals surface area contributed by atoms with Crippen molar-refractivity contribution >= 4 is 33.1 Å². The van der Waals surface area contributed by atoms with Crippen molar-refractivity contribution in [3.8, 4) is 5.75 Å². The number of benzene rings is 1. The van der Waals surface area contributed by atoms with E-state index in [2.05, 4.69) is 15.9 Å². The van der Waals surface area contributed by atoms with E-state index in [1.54, 1.807) is 0 Å². The summed E-state index contributed by atoms with van der Waals surface area (Å²) in [6, 6.07) is 5.67. The van der Waals surface area contributed by atoms with Crippen LogP contribution in [-0.4, -0.2) is 24.8 Å². The molecule has 2 rings (SSSR count). The van der Waals surface area contributed by atoms with E-state index in [0.29, 0.717) is 10.9 Å². The lowest BCUT2D eigenvalue weighted by atomic mass is 10.0. The highest BCUT2D eigenvalue weighted by molar-refractivity contribution is 9.10. The van der Waals surface area contributed by atoms with Gasteiger partial charge in [0.15, 0.2) is 0 Å². The third-order valence-electron chi connectivity index (χ3n) is 3.03. The van der Waals surface area contributed by atoms with Crippen molar-refractivity contribution in [2.75, 3.05) is 19.8 Å². The van der Waals surface area contributed by atoms with Crippen molar-refractivity contribution in [3.63, 3.8) is 0 Å². The van der Waals surface area contributed by atoms with E-state index in [-0.39, 0.29) is 0 Å². The monoisotopic (exact) mass is 329 g/mol. The van der Waals surface area contributed by atoms with E-state index in [0.717, 1.165) is 48.4 Å². The Morgan fingerprint density at radius 3 is 2.78 bits per heavy atom. The van der Waals surface area contributed by atoms with Gasteiger partial charge in [-0.15, -0.1) is 0 Å². The second kappa shape index (κ2) is 6.50. The zero-order chi connectivity index (χ0) is 13.0. The second-order valence-electron chi connectivity index (χ2n) is 4.38. The molecule has 0 aromatic heterocycles. The number of ether oxygens (including phenoxy) is 2. The smallest absolute Gasteiger partial charge is 0.133 e. The van der Waals surface area contributed by atoms with Gasteiger partial charge in [0.05, 0.1) is 11.1 Å². The van der Waals surface area contributed by atoms with Gasteiger partial charge in [0, 0.05) is 18.8 Å². The van der Waals surface area contributed by atoms with Crippen molar-refractivity contribution in [2.45, 2.75) is 12.8 Å². The molecule has 0 aliphatic carbocycles. The number of halogens is 1. The molecule has 2 N–H and O–H groups in total. The molecule has 1 aliphatic rings. The molecule has 0 unspecified atom stereocenters. The molecule has 0 radical (unpaired) electrons. The van der Waals surface area contributed by atoms with Crippen LogP contribution < -0.4 is 10.5 Å². The van der Waals surface area contributed by atoms with Gasteiger partial charge in [0.1, 0.15) is 10.7 Å². The Morgan fingerprint density at radius 1 is 1.44 bits per heavy atom. The number of hydrogen-bond acceptors (Lipinski definition) is 3. The molecule has 5 heteroatoms. The van der Waals surface area contributed by atoms with Crippen molar-refractivity contribution in [1.29, 1.82) is 0 Å². The Labute approximate surface area is 121 Å². The summed E-state index contributed by atoms with van der Waals surface area (Å²) < 4.78 is 12.0. The molecule has 18 heavy (non-hydrogen) atoms. The van der Waals surface area contributed by atoms with E-state index >= 15 is 0 Å². The van der Waals surface area contributed by atoms with Crippen molar-refractivity contribution in [2.24, 2.45) is 11.7 Å². The third-order valence-corrected chi connectivity index (χ3v) is 3.89. The van der Waals surface area contributed by atoms with Crippen LogP contribution in [0.4, 0.5) is 0 Å². The molecule has 1 heterocycles. The highest BCUT2D eigenvalue weighted by atomic mass is 79.9. The number of hydrogen-bond donors (Lipinski definition) is 1. The van der Waals surface area contributed by atoms with Crippen LogP contribution in [-0.2, 0) is 4.74 Å². The Balaban J connectivity index is 1.94. The lowest BCUT2D eigenvalue weighted by Crippen LogP contribution is -2.21. The molecule has 98 valence electrons. The minimum absolute atomic E-state index is 0.395. The predicted molar refractivity (Wildman–Crippen MR) is 79.1 cm³/mol. The molecule has 1 aliphatic heterocycles. The topological polar surface area (TPSA) is 44.5 Å². The fourth-order valence-corrected chi connectivity index (χ4v) is 2.51. The van der Waals surface area contributed by atoms with Gasteiger partial charge in [-0.3, -0.25) is 0 Å². The summed E-state index contributed by atoms with van der Waals surface area (Å²) in [7, 11) is 0. The van der Waals surface area contributed by atoms with E-state index in [1.165, 1.54) is 0 Å². The highest BCUT2D eigenvalue weighted by Gasteiger charge is 2.15. The zero-order valence-electron chi connectivity index (χ0n) is 10.0. The third kappa shape index (κ3) is 3.67. The maximum absolute atomic E-state index is 5.82. The fraction of sp³-hybridized carbons (Fsp3) is 0.462. The van der Waals surface area contributed by atoms with Crippen LogP contribution in [0, 0.1) is 5.92 Å². The van der Waals surface area contributed by atoms with Crippen LogP contribution >= 0.6 is 28.1 Å². The Morgan fingerprint density at radius 2 is 2.17 bits per heavy atom. The number of nitrogens with two attached hydrogens (primary N) is 1. The minimum atomic E-state index is 0.395. The summed E-state index contributed by atoms with van der Waals surface area (Å²) in [6.45, 7) is 2.42. The molecule has 1 fully saturated rings. The van der Waals surface area contributed by atoms with E-state index in [4.69, 9.17) is 27.4 Å². The lowest BCUT2D eigenvalue weighted by molar-refractivity contribution is 0.0496. The van der Waals surface area contributed by atoms with Crippen molar-refractivity contribution < 1.29 is 9.47 Å². The largest absolute Gasteiger partial charge is 0.492 e. The van der Waals surface area contributed by atoms with Crippen LogP contribution in [0.3, 0.4) is 0 Å². The molecule has 3 nitrogen and oxygen atoms in total. The molecular formula is C13H16BrNO2S. The molecule has 0 saturated carbocycles. The van der Waals surface area contributed by atoms with Gasteiger partial charge >= 0.3 is 0 Å². The summed E-state index contributed by atoms with van der Waals surface area (Å²) in [6.07, 6.45) is 2.14. The maximum atomic E-state index is 5.82. The first-order chi connectivity index (χ1) is 8.66. The van der Waals surface area contributed by atoms with Gasteiger partial charge in [-0.2, -0.15) is 0 Å². The van der Waals surface area contributed by atoms with Crippen LogP contribution in [0.5, 0.6) is 5.75 Å². The first-order valence-electron chi connectivity index (χ1n) is 5.96. The minimum Gasteiger partial charge on any atom is -0.492 e. The first kappa shape index (κ1) is 13.8. The van der Waals surface area contributed by atoms with Gasteiger partial charge in [-0.25, -0.2) is 0 Å². The Kier molecular flexibility index (Phi) is 4.97. The lowest BCUT2D eigenvalue weighted by Gasteiger charge is -2.22. The standard InChI is InChI=1S/C13H16BrNO2S/c14-11-7-10(13(15)18)1-2-12(11)17-8-9-3-5-16-6-4-9/h1-2,7,9H,3-6,8H2,(H2,15,18). The highest BCUT2D eigenvalue weighted by Crippen LogP contribution is 2.27. The molecule has 1 aromatic rings. The van der Waals surface area contributed by atoms with Crippen molar-refractivity contribution in [1.82, 2.24) is 0 Å². The van der Waals surface area contributed by atoms with E-state index < -0.39 is 0 Å². The van der Waals surface area contributed by atoms with Gasteiger partial charge < -0.3 is 15.2 Å². The average molecular weight is 330 g/mol. The Bertz CT molecular complexity index is 433. The number of rotatable bonds is 4. The van der Waals surface area contributed by atoms with Crippen LogP contribution in [0.2, 0.25) is 0 Å².